The number of hydrogen-bond acceptors (Lipinski definition) is 5. The molecule has 1 aliphatic rings. The van der Waals surface area contributed by atoms with Crippen LogP contribution in [0.4, 0.5) is 11.4 Å². The second kappa shape index (κ2) is 9.76. The SMILES string of the molecule is CN(CC(=O)Nc1ccccc1Br)C(=O)CN1CCN(c2ccccc2O)CC1. The van der Waals surface area contributed by atoms with E-state index in [1.807, 2.05) is 30.3 Å². The number of hydrogen-bond donors (Lipinski definition) is 2. The molecule has 2 aromatic carbocycles. The molecule has 154 valence electrons. The van der Waals surface area contributed by atoms with E-state index >= 15 is 0 Å². The molecule has 0 bridgehead atoms. The Kier molecular flexibility index (Phi) is 7.11. The van der Waals surface area contributed by atoms with Gasteiger partial charge in [-0.3, -0.25) is 14.5 Å². The summed E-state index contributed by atoms with van der Waals surface area (Å²) in [6.45, 7) is 3.17. The molecule has 2 amide bonds. The number of carbonyl (C=O) groups is 2. The van der Waals surface area contributed by atoms with Crippen molar-refractivity contribution in [3.05, 3.63) is 53.0 Å². The Hall–Kier alpha value is -2.58. The highest BCUT2D eigenvalue weighted by Gasteiger charge is 2.22. The van der Waals surface area contributed by atoms with Crippen LogP contribution in [0.15, 0.2) is 53.0 Å². The second-order valence-corrected chi connectivity index (χ2v) is 7.88. The molecule has 0 radical (unpaired) electrons. The number of amides is 2. The minimum Gasteiger partial charge on any atom is -0.506 e. The fourth-order valence-corrected chi connectivity index (χ4v) is 3.63. The summed E-state index contributed by atoms with van der Waals surface area (Å²) in [5.74, 6) is -0.0618. The summed E-state index contributed by atoms with van der Waals surface area (Å²) < 4.78 is 0.796. The largest absolute Gasteiger partial charge is 0.506 e. The number of para-hydroxylation sites is 3. The number of nitrogens with zero attached hydrogens (tertiary/aromatic N) is 3. The van der Waals surface area contributed by atoms with Gasteiger partial charge in [-0.05, 0) is 40.2 Å². The quantitative estimate of drug-likeness (QED) is 0.691. The zero-order chi connectivity index (χ0) is 20.8. The number of aromatic hydroxyl groups is 1. The van der Waals surface area contributed by atoms with Crippen LogP contribution in [0.25, 0.3) is 0 Å². The lowest BCUT2D eigenvalue weighted by Crippen LogP contribution is -2.50. The van der Waals surface area contributed by atoms with Crippen molar-refractivity contribution in [1.82, 2.24) is 9.80 Å². The van der Waals surface area contributed by atoms with Gasteiger partial charge in [0.25, 0.3) is 0 Å². The summed E-state index contributed by atoms with van der Waals surface area (Å²) in [7, 11) is 1.64. The standard InChI is InChI=1S/C21H25BrN4O3/c1-24(14-20(28)23-17-7-3-2-6-16(17)22)21(29)15-25-10-12-26(13-11-25)18-8-4-5-9-19(18)27/h2-9,27H,10-15H2,1H3,(H,23,28). The highest BCUT2D eigenvalue weighted by Crippen LogP contribution is 2.27. The summed E-state index contributed by atoms with van der Waals surface area (Å²) >= 11 is 3.39. The van der Waals surface area contributed by atoms with Gasteiger partial charge in [0.15, 0.2) is 0 Å². The summed E-state index contributed by atoms with van der Waals surface area (Å²) in [4.78, 5) is 30.4. The van der Waals surface area contributed by atoms with Crippen LogP contribution >= 0.6 is 15.9 Å². The van der Waals surface area contributed by atoms with Gasteiger partial charge in [-0.25, -0.2) is 0 Å². The molecule has 0 saturated carbocycles. The Balaban J connectivity index is 1.45. The van der Waals surface area contributed by atoms with Crippen LogP contribution in [0.2, 0.25) is 0 Å². The molecule has 8 heteroatoms. The van der Waals surface area contributed by atoms with Crippen molar-refractivity contribution < 1.29 is 14.7 Å². The fourth-order valence-electron chi connectivity index (χ4n) is 3.25. The Morgan fingerprint density at radius 3 is 2.41 bits per heavy atom. The van der Waals surface area contributed by atoms with E-state index in [0.29, 0.717) is 5.69 Å². The molecule has 1 saturated heterocycles. The van der Waals surface area contributed by atoms with E-state index in [4.69, 9.17) is 0 Å². The van der Waals surface area contributed by atoms with Crippen molar-refractivity contribution >= 4 is 39.1 Å². The molecule has 29 heavy (non-hydrogen) atoms. The molecule has 0 aliphatic carbocycles. The van der Waals surface area contributed by atoms with Gasteiger partial charge in [0, 0.05) is 37.7 Å². The molecule has 0 atom stereocenters. The Morgan fingerprint density at radius 1 is 1.07 bits per heavy atom. The molecular weight excluding hydrogens is 436 g/mol. The van der Waals surface area contributed by atoms with Crippen LogP contribution in [0, 0.1) is 0 Å². The molecular formula is C21H25BrN4O3. The Bertz CT molecular complexity index is 869. The van der Waals surface area contributed by atoms with Crippen LogP contribution in [0.5, 0.6) is 5.75 Å². The van der Waals surface area contributed by atoms with E-state index in [-0.39, 0.29) is 30.7 Å². The lowest BCUT2D eigenvalue weighted by molar-refractivity contribution is -0.134. The van der Waals surface area contributed by atoms with Crippen molar-refractivity contribution in [3.8, 4) is 5.75 Å². The third kappa shape index (κ3) is 5.71. The van der Waals surface area contributed by atoms with E-state index in [0.717, 1.165) is 36.3 Å². The maximum Gasteiger partial charge on any atom is 0.244 e. The number of phenols is 1. The van der Waals surface area contributed by atoms with E-state index in [1.54, 1.807) is 25.2 Å². The molecule has 0 aromatic heterocycles. The van der Waals surface area contributed by atoms with Gasteiger partial charge in [0.05, 0.1) is 24.5 Å². The predicted molar refractivity (Wildman–Crippen MR) is 117 cm³/mol. The van der Waals surface area contributed by atoms with Crippen LogP contribution in [-0.4, -0.2) is 73.0 Å². The maximum absolute atomic E-state index is 12.5. The third-order valence-electron chi connectivity index (χ3n) is 4.91. The monoisotopic (exact) mass is 460 g/mol. The number of benzene rings is 2. The molecule has 2 aromatic rings. The lowest BCUT2D eigenvalue weighted by atomic mass is 10.2. The van der Waals surface area contributed by atoms with Crippen molar-refractivity contribution in [1.29, 1.82) is 0 Å². The number of halogens is 1. The van der Waals surface area contributed by atoms with Crippen LogP contribution in [0.3, 0.4) is 0 Å². The minimum absolute atomic E-state index is 0.00196. The Labute approximate surface area is 179 Å². The van der Waals surface area contributed by atoms with Gasteiger partial charge < -0.3 is 20.2 Å². The average molecular weight is 461 g/mol. The van der Waals surface area contributed by atoms with E-state index in [9.17, 15) is 14.7 Å². The number of carbonyl (C=O) groups excluding carboxylic acids is 2. The summed E-state index contributed by atoms with van der Waals surface area (Å²) in [5.41, 5.74) is 1.50. The van der Waals surface area contributed by atoms with Gasteiger partial charge in [-0.2, -0.15) is 0 Å². The van der Waals surface area contributed by atoms with E-state index in [1.165, 1.54) is 4.90 Å². The van der Waals surface area contributed by atoms with Gasteiger partial charge in [-0.15, -0.1) is 0 Å². The van der Waals surface area contributed by atoms with Gasteiger partial charge in [-0.1, -0.05) is 24.3 Å². The Morgan fingerprint density at radius 2 is 1.72 bits per heavy atom. The van der Waals surface area contributed by atoms with Crippen LogP contribution < -0.4 is 10.2 Å². The zero-order valence-corrected chi connectivity index (χ0v) is 17.9. The first-order chi connectivity index (χ1) is 13.9. The zero-order valence-electron chi connectivity index (χ0n) is 16.3. The van der Waals surface area contributed by atoms with Crippen molar-refractivity contribution in [2.24, 2.45) is 0 Å². The molecule has 7 nitrogen and oxygen atoms in total. The average Bonchev–Trinajstić information content (AvgIpc) is 2.71. The van der Waals surface area contributed by atoms with Gasteiger partial charge in [0.2, 0.25) is 11.8 Å². The second-order valence-electron chi connectivity index (χ2n) is 7.03. The summed E-state index contributed by atoms with van der Waals surface area (Å²) in [6, 6.07) is 14.6. The molecule has 3 rings (SSSR count). The maximum atomic E-state index is 12.5. The lowest BCUT2D eigenvalue weighted by Gasteiger charge is -2.36. The number of phenolic OH excluding ortho intramolecular Hbond substituents is 1. The number of rotatable bonds is 6. The minimum atomic E-state index is -0.239. The molecule has 0 unspecified atom stereocenters. The fraction of sp³-hybridized carbons (Fsp3) is 0.333. The first kappa shape index (κ1) is 21.1. The normalized spacial score (nSPS) is 14.5. The van der Waals surface area contributed by atoms with Crippen molar-refractivity contribution in [3.63, 3.8) is 0 Å². The first-order valence-corrected chi connectivity index (χ1v) is 10.3. The topological polar surface area (TPSA) is 76.1 Å². The number of piperazine rings is 1. The van der Waals surface area contributed by atoms with Crippen molar-refractivity contribution in [2.45, 2.75) is 0 Å². The molecule has 1 fully saturated rings. The summed E-state index contributed by atoms with van der Waals surface area (Å²) in [6.07, 6.45) is 0. The smallest absolute Gasteiger partial charge is 0.244 e. The third-order valence-corrected chi connectivity index (χ3v) is 5.60. The molecule has 0 spiro atoms. The van der Waals surface area contributed by atoms with Gasteiger partial charge >= 0.3 is 0 Å². The van der Waals surface area contributed by atoms with Crippen molar-refractivity contribution in [2.75, 3.05) is 56.5 Å². The number of nitrogens with one attached hydrogen (secondary N) is 1. The number of likely N-dealkylation sites (N-methyl/N-ethyl adjacent to an activating group) is 1. The van der Waals surface area contributed by atoms with Gasteiger partial charge in [0.1, 0.15) is 5.75 Å². The predicted octanol–water partition coefficient (Wildman–Crippen LogP) is 2.37. The molecule has 1 heterocycles. The van der Waals surface area contributed by atoms with Crippen LogP contribution in [-0.2, 0) is 9.59 Å². The molecule has 2 N–H and O–H groups in total. The first-order valence-electron chi connectivity index (χ1n) is 9.47. The van der Waals surface area contributed by atoms with E-state index < -0.39 is 0 Å². The van der Waals surface area contributed by atoms with E-state index in [2.05, 4.69) is 31.0 Å². The molecule has 1 aliphatic heterocycles. The summed E-state index contributed by atoms with van der Waals surface area (Å²) in [5, 5.41) is 12.8. The highest BCUT2D eigenvalue weighted by molar-refractivity contribution is 9.10. The number of anilines is 2. The van der Waals surface area contributed by atoms with Crippen LogP contribution in [0.1, 0.15) is 0 Å². The highest BCUT2D eigenvalue weighted by atomic mass is 79.9.